The Morgan fingerprint density at radius 2 is 1.66 bits per heavy atom. The first-order chi connectivity index (χ1) is 14.0. The molecule has 1 aliphatic heterocycles. The van der Waals surface area contributed by atoms with Gasteiger partial charge in [0.15, 0.2) is 0 Å². The highest BCUT2D eigenvalue weighted by Crippen LogP contribution is 2.35. The van der Waals surface area contributed by atoms with E-state index >= 15 is 0 Å². The average molecular weight is 404 g/mol. The number of piperazine rings is 1. The van der Waals surface area contributed by atoms with Gasteiger partial charge in [-0.2, -0.15) is 13.2 Å². The molecule has 5 nitrogen and oxygen atoms in total. The molecule has 3 aromatic rings. The Morgan fingerprint density at radius 3 is 2.31 bits per heavy atom. The molecule has 0 amide bonds. The van der Waals surface area contributed by atoms with Crippen molar-refractivity contribution in [2.24, 2.45) is 0 Å². The van der Waals surface area contributed by atoms with E-state index in [1.54, 1.807) is 12.1 Å². The van der Waals surface area contributed by atoms with Gasteiger partial charge in [-0.3, -0.25) is 4.90 Å². The van der Waals surface area contributed by atoms with Gasteiger partial charge in [0.1, 0.15) is 5.52 Å². The second-order valence-corrected chi connectivity index (χ2v) is 7.20. The van der Waals surface area contributed by atoms with Gasteiger partial charge in [0.2, 0.25) is 5.82 Å². The van der Waals surface area contributed by atoms with E-state index in [1.807, 2.05) is 36.4 Å². The van der Waals surface area contributed by atoms with Crippen LogP contribution in [0.25, 0.3) is 11.0 Å². The van der Waals surface area contributed by atoms with Crippen molar-refractivity contribution in [2.75, 3.05) is 44.2 Å². The van der Waals surface area contributed by atoms with Crippen LogP contribution in [-0.4, -0.2) is 58.9 Å². The number of benzene rings is 2. The molecule has 154 valence electrons. The zero-order valence-electron chi connectivity index (χ0n) is 15.9. The molecule has 0 unspecified atom stereocenters. The first-order valence-corrected chi connectivity index (χ1v) is 9.66. The van der Waals surface area contributed by atoms with Gasteiger partial charge in [0, 0.05) is 39.3 Å². The Morgan fingerprint density at radius 1 is 0.931 bits per heavy atom. The third kappa shape index (κ3) is 4.09. The maximum Gasteiger partial charge on any atom is 0.449 e. The van der Waals surface area contributed by atoms with Gasteiger partial charge in [-0.25, -0.2) is 4.98 Å². The van der Waals surface area contributed by atoms with E-state index in [2.05, 4.69) is 14.8 Å². The highest BCUT2D eigenvalue weighted by Gasteiger charge is 2.38. The van der Waals surface area contributed by atoms with Crippen LogP contribution in [0.5, 0.6) is 0 Å². The summed E-state index contributed by atoms with van der Waals surface area (Å²) in [7, 11) is 0. The molecule has 0 aliphatic carbocycles. The number of halogens is 3. The molecule has 2 aromatic carbocycles. The summed E-state index contributed by atoms with van der Waals surface area (Å²) in [4.78, 5) is 8.28. The minimum atomic E-state index is -4.54. The molecule has 2 heterocycles. The van der Waals surface area contributed by atoms with Crippen molar-refractivity contribution in [3.05, 3.63) is 59.9 Å². The minimum Gasteiger partial charge on any atom is -0.395 e. The number of anilines is 1. The number of hydrogen-bond donors (Lipinski definition) is 1. The zero-order chi connectivity index (χ0) is 20.4. The number of aliphatic hydroxyl groups is 1. The number of nitrogens with zero attached hydrogens (tertiary/aromatic N) is 4. The SMILES string of the molecule is OCCN1CCN(c2cccc3c2nc(C(F)(F)F)n3Cc2ccccc2)CC1. The molecule has 0 bridgehead atoms. The third-order valence-corrected chi connectivity index (χ3v) is 5.32. The fourth-order valence-electron chi connectivity index (χ4n) is 3.88. The van der Waals surface area contributed by atoms with Crippen molar-refractivity contribution >= 4 is 16.7 Å². The minimum absolute atomic E-state index is 0.106. The fraction of sp³-hybridized carbons (Fsp3) is 0.381. The second-order valence-electron chi connectivity index (χ2n) is 7.20. The topological polar surface area (TPSA) is 44.5 Å². The van der Waals surface area contributed by atoms with Crippen LogP contribution >= 0.6 is 0 Å². The van der Waals surface area contributed by atoms with E-state index in [0.717, 1.165) is 24.3 Å². The highest BCUT2D eigenvalue weighted by molar-refractivity contribution is 5.89. The second kappa shape index (κ2) is 8.04. The maximum absolute atomic E-state index is 13.8. The summed E-state index contributed by atoms with van der Waals surface area (Å²) in [5.74, 6) is -0.872. The zero-order valence-corrected chi connectivity index (χ0v) is 15.9. The van der Waals surface area contributed by atoms with Crippen molar-refractivity contribution in [1.29, 1.82) is 0 Å². The first kappa shape index (κ1) is 19.7. The van der Waals surface area contributed by atoms with Gasteiger partial charge in [-0.15, -0.1) is 0 Å². The lowest BCUT2D eigenvalue weighted by molar-refractivity contribution is -0.146. The molecular formula is C21H23F3N4O. The Hall–Kier alpha value is -2.58. The molecule has 29 heavy (non-hydrogen) atoms. The number of fused-ring (bicyclic) bond motifs is 1. The Bertz CT molecular complexity index is 963. The normalized spacial score (nSPS) is 15.9. The Kier molecular flexibility index (Phi) is 5.47. The fourth-order valence-corrected chi connectivity index (χ4v) is 3.88. The molecule has 0 spiro atoms. The number of imidazole rings is 1. The molecule has 1 aromatic heterocycles. The van der Waals surface area contributed by atoms with Crippen molar-refractivity contribution in [2.45, 2.75) is 12.7 Å². The molecule has 0 radical (unpaired) electrons. The van der Waals surface area contributed by atoms with Crippen molar-refractivity contribution in [3.63, 3.8) is 0 Å². The van der Waals surface area contributed by atoms with E-state index in [1.165, 1.54) is 4.57 Å². The predicted molar refractivity (Wildman–Crippen MR) is 106 cm³/mol. The molecule has 1 fully saturated rings. The van der Waals surface area contributed by atoms with Crippen LogP contribution in [0.3, 0.4) is 0 Å². The lowest BCUT2D eigenvalue weighted by Gasteiger charge is -2.35. The lowest BCUT2D eigenvalue weighted by Crippen LogP contribution is -2.47. The van der Waals surface area contributed by atoms with E-state index < -0.39 is 12.0 Å². The van der Waals surface area contributed by atoms with Crippen molar-refractivity contribution in [1.82, 2.24) is 14.5 Å². The standard InChI is InChI=1S/C21H23F3N4O/c22-21(23,24)20-25-19-17(27-11-9-26(10-12-27)13-14-29)7-4-8-18(19)28(20)15-16-5-2-1-3-6-16/h1-8,29H,9-15H2. The van der Waals surface area contributed by atoms with Gasteiger partial charge >= 0.3 is 6.18 Å². The predicted octanol–water partition coefficient (Wildman–Crippen LogP) is 3.22. The summed E-state index contributed by atoms with van der Waals surface area (Å²) >= 11 is 0. The van der Waals surface area contributed by atoms with Crippen LogP contribution in [0.4, 0.5) is 18.9 Å². The monoisotopic (exact) mass is 404 g/mol. The molecule has 1 saturated heterocycles. The van der Waals surface area contributed by atoms with Gasteiger partial charge in [-0.05, 0) is 17.7 Å². The number of rotatable bonds is 5. The van der Waals surface area contributed by atoms with Crippen LogP contribution in [0.2, 0.25) is 0 Å². The van der Waals surface area contributed by atoms with Crippen LogP contribution in [0.1, 0.15) is 11.4 Å². The highest BCUT2D eigenvalue weighted by atomic mass is 19.4. The van der Waals surface area contributed by atoms with Gasteiger partial charge in [-0.1, -0.05) is 36.4 Å². The molecule has 1 N–H and O–H groups in total. The smallest absolute Gasteiger partial charge is 0.395 e. The van der Waals surface area contributed by atoms with E-state index in [-0.39, 0.29) is 13.2 Å². The molecule has 0 saturated carbocycles. The summed E-state index contributed by atoms with van der Waals surface area (Å²) in [6.45, 7) is 3.72. The van der Waals surface area contributed by atoms with Crippen LogP contribution in [0, 0.1) is 0 Å². The number of aromatic nitrogens is 2. The third-order valence-electron chi connectivity index (χ3n) is 5.32. The molecule has 4 rings (SSSR count). The van der Waals surface area contributed by atoms with Crippen molar-refractivity contribution in [3.8, 4) is 0 Å². The summed E-state index contributed by atoms with van der Waals surface area (Å²) in [5, 5.41) is 9.10. The van der Waals surface area contributed by atoms with Gasteiger partial charge in [0.05, 0.1) is 17.8 Å². The Labute approximate surface area is 167 Å². The largest absolute Gasteiger partial charge is 0.449 e. The first-order valence-electron chi connectivity index (χ1n) is 9.66. The van der Waals surface area contributed by atoms with E-state index in [9.17, 15) is 13.2 Å². The number of β-amino-alcohol motifs (C(OH)–C–C–N with tert-alkyl or cyclic N) is 1. The maximum atomic E-state index is 13.8. The van der Waals surface area contributed by atoms with Crippen LogP contribution in [-0.2, 0) is 12.7 Å². The number of hydrogen-bond acceptors (Lipinski definition) is 4. The summed E-state index contributed by atoms with van der Waals surface area (Å²) in [5.41, 5.74) is 2.38. The van der Waals surface area contributed by atoms with E-state index in [4.69, 9.17) is 5.11 Å². The summed E-state index contributed by atoms with van der Waals surface area (Å²) in [6, 6.07) is 14.4. The number of alkyl halides is 3. The van der Waals surface area contributed by atoms with E-state index in [0.29, 0.717) is 30.7 Å². The molecular weight excluding hydrogens is 381 g/mol. The quantitative estimate of drug-likeness (QED) is 0.709. The van der Waals surface area contributed by atoms with Gasteiger partial charge in [0.25, 0.3) is 0 Å². The number of para-hydroxylation sites is 1. The number of aliphatic hydroxyl groups excluding tert-OH is 1. The average Bonchev–Trinajstić information content (AvgIpc) is 3.09. The van der Waals surface area contributed by atoms with Gasteiger partial charge < -0.3 is 14.6 Å². The van der Waals surface area contributed by atoms with Crippen LogP contribution in [0.15, 0.2) is 48.5 Å². The summed E-state index contributed by atoms with van der Waals surface area (Å²) < 4.78 is 42.6. The lowest BCUT2D eigenvalue weighted by atomic mass is 10.2. The molecule has 0 atom stereocenters. The summed E-state index contributed by atoms with van der Waals surface area (Å²) in [6.07, 6.45) is -4.54. The Balaban J connectivity index is 1.73. The molecule has 1 aliphatic rings. The van der Waals surface area contributed by atoms with Crippen molar-refractivity contribution < 1.29 is 18.3 Å². The van der Waals surface area contributed by atoms with Crippen LogP contribution < -0.4 is 4.90 Å². The molecule has 8 heteroatoms.